The molecule has 0 fully saturated rings. The first kappa shape index (κ1) is 21.1. The zero-order valence-electron chi connectivity index (χ0n) is 16.2. The van der Waals surface area contributed by atoms with Crippen molar-refractivity contribution in [3.63, 3.8) is 0 Å². The van der Waals surface area contributed by atoms with Gasteiger partial charge in [-0.15, -0.1) is 0 Å². The number of nitrogens with zero attached hydrogens (tertiary/aromatic N) is 2. The van der Waals surface area contributed by atoms with Gasteiger partial charge in [-0.2, -0.15) is 4.58 Å². The number of halogens is 3. The molecular formula is C21H22BClF2N3O+. The van der Waals surface area contributed by atoms with E-state index in [1.165, 1.54) is 12.3 Å². The van der Waals surface area contributed by atoms with E-state index in [0.717, 1.165) is 27.0 Å². The van der Waals surface area contributed by atoms with Crippen LogP contribution in [0.3, 0.4) is 0 Å². The molecule has 8 heteroatoms. The molecule has 0 saturated heterocycles. The smallest absolute Gasteiger partial charge is 0.506 e. The molecule has 0 amide bonds. The number of phenols is 1. The molecule has 2 heterocycles. The minimum Gasteiger partial charge on any atom is -0.506 e. The molecule has 1 aliphatic rings. The molecule has 0 radical (unpaired) electrons. The zero-order valence-corrected chi connectivity index (χ0v) is 17.0. The van der Waals surface area contributed by atoms with Crippen molar-refractivity contribution in [1.82, 2.24) is 4.48 Å². The number of rotatable bonds is 6. The monoisotopic (exact) mass is 416 g/mol. The van der Waals surface area contributed by atoms with Crippen LogP contribution in [-0.4, -0.2) is 40.9 Å². The fourth-order valence-electron chi connectivity index (χ4n) is 3.55. The molecular weight excluding hydrogens is 395 g/mol. The van der Waals surface area contributed by atoms with Gasteiger partial charge in [0.1, 0.15) is 12.8 Å². The van der Waals surface area contributed by atoms with Crippen LogP contribution in [-0.2, 0) is 0 Å². The van der Waals surface area contributed by atoms with Crippen molar-refractivity contribution in [1.29, 1.82) is 0 Å². The Morgan fingerprint density at radius 2 is 2.03 bits per heavy atom. The van der Waals surface area contributed by atoms with Crippen molar-refractivity contribution in [3.8, 4) is 5.75 Å². The van der Waals surface area contributed by atoms with Crippen LogP contribution in [0.15, 0.2) is 60.0 Å². The van der Waals surface area contributed by atoms with Crippen LogP contribution in [0.1, 0.15) is 24.6 Å². The van der Waals surface area contributed by atoms with Crippen molar-refractivity contribution in [2.24, 2.45) is 5.73 Å². The predicted octanol–water partition coefficient (Wildman–Crippen LogP) is 4.44. The molecule has 0 bridgehead atoms. The quantitative estimate of drug-likeness (QED) is 0.540. The normalized spacial score (nSPS) is 16.0. The van der Waals surface area contributed by atoms with Crippen molar-refractivity contribution in [2.75, 3.05) is 13.6 Å². The summed E-state index contributed by atoms with van der Waals surface area (Å²) in [5, 5.41) is 10.0. The lowest BCUT2D eigenvalue weighted by molar-refractivity contribution is -0.433. The SMILES string of the molecule is CC1=CC(/C=C/c2cccc(O)c2Cl)=[N+](C)C/1=C(/CCN)c1cccn1B(F)F. The van der Waals surface area contributed by atoms with Gasteiger partial charge in [-0.3, -0.25) is 8.63 Å². The van der Waals surface area contributed by atoms with Gasteiger partial charge in [0.05, 0.1) is 5.02 Å². The minimum atomic E-state index is -2.62. The Balaban J connectivity index is 2.08. The summed E-state index contributed by atoms with van der Waals surface area (Å²) in [6, 6.07) is 8.34. The van der Waals surface area contributed by atoms with Crippen LogP contribution in [0.2, 0.25) is 5.02 Å². The highest BCUT2D eigenvalue weighted by Gasteiger charge is 2.30. The number of nitrogens with two attached hydrogens (primary N) is 1. The third-order valence-corrected chi connectivity index (χ3v) is 5.29. The molecule has 4 nitrogen and oxygen atoms in total. The van der Waals surface area contributed by atoms with Gasteiger partial charge < -0.3 is 15.3 Å². The Morgan fingerprint density at radius 1 is 1.28 bits per heavy atom. The molecule has 3 N–H and O–H groups in total. The van der Waals surface area contributed by atoms with Gasteiger partial charge in [-0.25, -0.2) is 0 Å². The Hall–Kier alpha value is -2.64. The van der Waals surface area contributed by atoms with Crippen molar-refractivity contribution < 1.29 is 18.3 Å². The van der Waals surface area contributed by atoms with E-state index in [4.69, 9.17) is 17.3 Å². The summed E-state index contributed by atoms with van der Waals surface area (Å²) < 4.78 is 29.8. The molecule has 0 saturated carbocycles. The average Bonchev–Trinajstić information content (AvgIpc) is 3.27. The third-order valence-electron chi connectivity index (χ3n) is 4.88. The van der Waals surface area contributed by atoms with Crippen LogP contribution in [0, 0.1) is 0 Å². The van der Waals surface area contributed by atoms with Crippen LogP contribution in [0.5, 0.6) is 5.75 Å². The Kier molecular flexibility index (Phi) is 6.40. The number of hydrogen-bond donors (Lipinski definition) is 2. The predicted molar refractivity (Wildman–Crippen MR) is 115 cm³/mol. The average molecular weight is 417 g/mol. The topological polar surface area (TPSA) is 54.2 Å². The highest BCUT2D eigenvalue weighted by molar-refractivity contribution is 6.41. The molecule has 1 aliphatic heterocycles. The molecule has 0 spiro atoms. The Morgan fingerprint density at radius 3 is 2.72 bits per heavy atom. The number of aromatic nitrogens is 1. The molecule has 150 valence electrons. The van der Waals surface area contributed by atoms with Gasteiger partial charge >= 0.3 is 7.40 Å². The summed E-state index contributed by atoms with van der Waals surface area (Å²) in [5.41, 5.74) is 10.4. The maximum Gasteiger partial charge on any atom is 0.677 e. The van der Waals surface area contributed by atoms with E-state index in [1.807, 2.05) is 36.8 Å². The minimum absolute atomic E-state index is 0.0175. The van der Waals surface area contributed by atoms with Crippen LogP contribution < -0.4 is 5.73 Å². The van der Waals surface area contributed by atoms with E-state index in [1.54, 1.807) is 24.3 Å². The summed E-state index contributed by atoms with van der Waals surface area (Å²) in [5.74, 6) is 0.0175. The lowest BCUT2D eigenvalue weighted by atomic mass is 10.0. The van der Waals surface area contributed by atoms with Crippen LogP contribution in [0.4, 0.5) is 8.63 Å². The number of likely N-dealkylation sites (N-methyl/N-ethyl adjacent to an activating group) is 1. The third kappa shape index (κ3) is 4.21. The summed E-state index contributed by atoms with van der Waals surface area (Å²) in [6.07, 6.45) is 7.51. The maximum atomic E-state index is 13.4. The van der Waals surface area contributed by atoms with Crippen LogP contribution >= 0.6 is 11.6 Å². The first-order valence-electron chi connectivity index (χ1n) is 9.18. The second kappa shape index (κ2) is 8.80. The van der Waals surface area contributed by atoms with Gasteiger partial charge in [-0.1, -0.05) is 23.7 Å². The van der Waals surface area contributed by atoms with Gasteiger partial charge in [0.25, 0.3) is 0 Å². The van der Waals surface area contributed by atoms with E-state index in [0.29, 0.717) is 24.2 Å². The molecule has 29 heavy (non-hydrogen) atoms. The van der Waals surface area contributed by atoms with Gasteiger partial charge in [0, 0.05) is 29.0 Å². The molecule has 2 aromatic rings. The highest BCUT2D eigenvalue weighted by atomic mass is 35.5. The van der Waals surface area contributed by atoms with Crippen molar-refractivity contribution >= 4 is 36.4 Å². The summed E-state index contributed by atoms with van der Waals surface area (Å²) in [7, 11) is -0.737. The molecule has 0 unspecified atom stereocenters. The first-order chi connectivity index (χ1) is 13.8. The standard InChI is InChI=1S/C21H21BClF2N3O/c1-14-13-16(9-8-15-5-3-7-19(29)20(15)23)27(2)21(14)17(10-11-26)18-6-4-12-28(18)22(24)25/h3-9,12-13H,10-11,26H2,1-2H3/p+1/b9-8+. The molecule has 0 atom stereocenters. The lowest BCUT2D eigenvalue weighted by Gasteiger charge is -2.12. The second-order valence-electron chi connectivity index (χ2n) is 6.77. The van der Waals surface area contributed by atoms with E-state index in [9.17, 15) is 13.7 Å². The van der Waals surface area contributed by atoms with Gasteiger partial charge in [0.15, 0.2) is 0 Å². The van der Waals surface area contributed by atoms with E-state index in [-0.39, 0.29) is 10.8 Å². The maximum absolute atomic E-state index is 13.4. The number of benzene rings is 1. The van der Waals surface area contributed by atoms with E-state index < -0.39 is 7.40 Å². The number of phenolic OH excluding ortho intramolecular Hbond substituents is 1. The van der Waals surface area contributed by atoms with E-state index in [2.05, 4.69) is 0 Å². The van der Waals surface area contributed by atoms with E-state index >= 15 is 0 Å². The summed E-state index contributed by atoms with van der Waals surface area (Å²) in [6.45, 7) is 2.29. The fraction of sp³-hybridized carbons (Fsp3) is 0.190. The zero-order chi connectivity index (χ0) is 21.1. The Labute approximate surface area is 174 Å². The van der Waals surface area contributed by atoms with Crippen molar-refractivity contribution in [3.05, 3.63) is 76.2 Å². The van der Waals surface area contributed by atoms with Crippen LogP contribution in [0.25, 0.3) is 11.6 Å². The number of hydrogen-bond acceptors (Lipinski definition) is 2. The van der Waals surface area contributed by atoms with Gasteiger partial charge in [-0.05, 0) is 55.9 Å². The number of allylic oxidation sites excluding steroid dienone is 3. The largest absolute Gasteiger partial charge is 0.677 e. The molecule has 3 rings (SSSR count). The summed E-state index contributed by atoms with van der Waals surface area (Å²) >= 11 is 6.14. The summed E-state index contributed by atoms with van der Waals surface area (Å²) in [4.78, 5) is 0. The fourth-order valence-corrected chi connectivity index (χ4v) is 3.74. The highest BCUT2D eigenvalue weighted by Crippen LogP contribution is 2.31. The Bertz CT molecular complexity index is 1050. The second-order valence-corrected chi connectivity index (χ2v) is 7.15. The van der Waals surface area contributed by atoms with Crippen molar-refractivity contribution in [2.45, 2.75) is 13.3 Å². The lowest BCUT2D eigenvalue weighted by Crippen LogP contribution is -2.18. The number of aromatic hydroxyl groups is 1. The molecule has 0 aliphatic carbocycles. The first-order valence-corrected chi connectivity index (χ1v) is 9.56. The van der Waals surface area contributed by atoms with Gasteiger partial charge in [0.2, 0.25) is 11.4 Å². The molecule has 1 aromatic heterocycles. The molecule has 1 aromatic carbocycles.